The minimum atomic E-state index is -0.156. The van der Waals surface area contributed by atoms with Crippen molar-refractivity contribution in [2.75, 3.05) is 14.2 Å². The van der Waals surface area contributed by atoms with Crippen LogP contribution in [-0.4, -0.2) is 25.1 Å². The summed E-state index contributed by atoms with van der Waals surface area (Å²) < 4.78 is 10.5. The standard InChI is InChI=1S/C26H26N2O3/c1-30-21-11-7-18(8-12-21)15-25(19-9-13-22(31-2)14-10-19)28-26(29)16-20-17-27-24-6-4-3-5-23(20)24/h3-14,17,25,27H,15-16H2,1-2H3,(H,28,29)/t25-/m1/s1. The topological polar surface area (TPSA) is 63.3 Å². The van der Waals surface area contributed by atoms with Gasteiger partial charge in [-0.05, 0) is 53.4 Å². The molecule has 0 saturated carbocycles. The van der Waals surface area contributed by atoms with E-state index in [2.05, 4.69) is 10.3 Å². The SMILES string of the molecule is COc1ccc(C[C@@H](NC(=O)Cc2c[nH]c3ccccc23)c2ccc(OC)cc2)cc1. The minimum absolute atomic E-state index is 0.0147. The van der Waals surface area contributed by atoms with E-state index in [1.807, 2.05) is 79.0 Å². The van der Waals surface area contributed by atoms with Crippen molar-refractivity contribution >= 4 is 16.8 Å². The summed E-state index contributed by atoms with van der Waals surface area (Å²) in [5, 5.41) is 4.30. The molecule has 0 fully saturated rings. The molecule has 1 atom stereocenters. The quantitative estimate of drug-likeness (QED) is 0.434. The van der Waals surface area contributed by atoms with Crippen LogP contribution in [0.15, 0.2) is 79.0 Å². The molecule has 5 nitrogen and oxygen atoms in total. The van der Waals surface area contributed by atoms with Gasteiger partial charge in [0.05, 0.1) is 26.7 Å². The zero-order valence-corrected chi connectivity index (χ0v) is 17.7. The predicted octanol–water partition coefficient (Wildman–Crippen LogP) is 4.83. The molecule has 158 valence electrons. The van der Waals surface area contributed by atoms with Crippen LogP contribution in [0, 0.1) is 0 Å². The molecule has 4 aromatic rings. The first-order chi connectivity index (χ1) is 15.2. The van der Waals surface area contributed by atoms with Gasteiger partial charge in [0.15, 0.2) is 0 Å². The van der Waals surface area contributed by atoms with Gasteiger partial charge in [-0.2, -0.15) is 0 Å². The Morgan fingerprint density at radius 1 is 0.903 bits per heavy atom. The summed E-state index contributed by atoms with van der Waals surface area (Å²) in [5.74, 6) is 1.59. The van der Waals surface area contributed by atoms with E-state index in [-0.39, 0.29) is 11.9 Å². The monoisotopic (exact) mass is 414 g/mol. The van der Waals surface area contributed by atoms with Crippen molar-refractivity contribution < 1.29 is 14.3 Å². The summed E-state index contributed by atoms with van der Waals surface area (Å²) >= 11 is 0. The largest absolute Gasteiger partial charge is 0.497 e. The number of aromatic nitrogens is 1. The predicted molar refractivity (Wildman–Crippen MR) is 123 cm³/mol. The van der Waals surface area contributed by atoms with Crippen molar-refractivity contribution in [1.82, 2.24) is 10.3 Å². The average Bonchev–Trinajstić information content (AvgIpc) is 3.22. The number of hydrogen-bond donors (Lipinski definition) is 2. The Labute approximate surface area is 182 Å². The molecule has 2 N–H and O–H groups in total. The Kier molecular flexibility index (Phi) is 6.22. The number of amides is 1. The Balaban J connectivity index is 1.54. The van der Waals surface area contributed by atoms with Gasteiger partial charge in [-0.3, -0.25) is 4.79 Å². The number of carbonyl (C=O) groups is 1. The number of rotatable bonds is 8. The van der Waals surface area contributed by atoms with Crippen molar-refractivity contribution in [2.45, 2.75) is 18.9 Å². The van der Waals surface area contributed by atoms with Crippen LogP contribution >= 0.6 is 0 Å². The number of methoxy groups -OCH3 is 2. The van der Waals surface area contributed by atoms with E-state index in [0.717, 1.165) is 39.1 Å². The van der Waals surface area contributed by atoms with Gasteiger partial charge in [-0.25, -0.2) is 0 Å². The van der Waals surface area contributed by atoms with Crippen LogP contribution in [-0.2, 0) is 17.6 Å². The van der Waals surface area contributed by atoms with Crippen LogP contribution in [0.1, 0.15) is 22.7 Å². The number of fused-ring (bicyclic) bond motifs is 1. The van der Waals surface area contributed by atoms with Gasteiger partial charge in [-0.1, -0.05) is 42.5 Å². The fraction of sp³-hybridized carbons (Fsp3) is 0.192. The van der Waals surface area contributed by atoms with E-state index in [4.69, 9.17) is 9.47 Å². The molecule has 3 aromatic carbocycles. The maximum Gasteiger partial charge on any atom is 0.224 e. The summed E-state index contributed by atoms with van der Waals surface area (Å²) in [7, 11) is 3.30. The third kappa shape index (κ3) is 4.89. The number of para-hydroxylation sites is 1. The van der Waals surface area contributed by atoms with Gasteiger partial charge < -0.3 is 19.8 Å². The lowest BCUT2D eigenvalue weighted by Crippen LogP contribution is -2.31. The van der Waals surface area contributed by atoms with Crippen molar-refractivity contribution in [3.63, 3.8) is 0 Å². The molecule has 0 aliphatic rings. The normalized spacial score (nSPS) is 11.8. The number of hydrogen-bond acceptors (Lipinski definition) is 3. The molecule has 0 spiro atoms. The van der Waals surface area contributed by atoms with Gasteiger partial charge in [-0.15, -0.1) is 0 Å². The van der Waals surface area contributed by atoms with E-state index in [9.17, 15) is 4.79 Å². The molecule has 1 aromatic heterocycles. The molecule has 0 saturated heterocycles. The first-order valence-corrected chi connectivity index (χ1v) is 10.3. The van der Waals surface area contributed by atoms with Crippen LogP contribution in [0.4, 0.5) is 0 Å². The number of aromatic amines is 1. The Bertz CT molecular complexity index is 1150. The molecule has 5 heteroatoms. The van der Waals surface area contributed by atoms with Gasteiger partial charge in [0.2, 0.25) is 5.91 Å². The molecule has 1 amide bonds. The third-order valence-corrected chi connectivity index (χ3v) is 5.48. The van der Waals surface area contributed by atoms with Crippen LogP contribution < -0.4 is 14.8 Å². The van der Waals surface area contributed by atoms with Crippen molar-refractivity contribution in [2.24, 2.45) is 0 Å². The number of benzene rings is 3. The van der Waals surface area contributed by atoms with Crippen molar-refractivity contribution in [3.8, 4) is 11.5 Å². The highest BCUT2D eigenvalue weighted by Crippen LogP contribution is 2.24. The molecule has 31 heavy (non-hydrogen) atoms. The number of ether oxygens (including phenoxy) is 2. The summed E-state index contributed by atoms with van der Waals surface area (Å²) in [6, 6.07) is 23.6. The van der Waals surface area contributed by atoms with Crippen LogP contribution in [0.2, 0.25) is 0 Å². The first-order valence-electron chi connectivity index (χ1n) is 10.3. The summed E-state index contributed by atoms with van der Waals surface area (Å²) in [4.78, 5) is 16.2. The fourth-order valence-corrected chi connectivity index (χ4v) is 3.78. The molecular formula is C26H26N2O3. The number of nitrogens with one attached hydrogen (secondary N) is 2. The molecule has 0 aliphatic heterocycles. The lowest BCUT2D eigenvalue weighted by atomic mass is 9.98. The van der Waals surface area contributed by atoms with E-state index in [1.165, 1.54) is 0 Å². The molecular weight excluding hydrogens is 388 g/mol. The average molecular weight is 415 g/mol. The Morgan fingerprint density at radius 2 is 1.55 bits per heavy atom. The lowest BCUT2D eigenvalue weighted by molar-refractivity contribution is -0.121. The smallest absolute Gasteiger partial charge is 0.224 e. The van der Waals surface area contributed by atoms with Crippen LogP contribution in [0.3, 0.4) is 0 Å². The molecule has 0 aliphatic carbocycles. The lowest BCUT2D eigenvalue weighted by Gasteiger charge is -2.20. The molecule has 4 rings (SSSR count). The maximum atomic E-state index is 13.0. The third-order valence-electron chi connectivity index (χ3n) is 5.48. The fourth-order valence-electron chi connectivity index (χ4n) is 3.78. The van der Waals surface area contributed by atoms with Gasteiger partial charge in [0.1, 0.15) is 11.5 Å². The molecule has 0 radical (unpaired) electrons. The van der Waals surface area contributed by atoms with Crippen LogP contribution in [0.25, 0.3) is 10.9 Å². The highest BCUT2D eigenvalue weighted by atomic mass is 16.5. The highest BCUT2D eigenvalue weighted by molar-refractivity contribution is 5.89. The summed E-state index contributed by atoms with van der Waals surface area (Å²) in [6.45, 7) is 0. The Hall–Kier alpha value is -3.73. The second-order valence-corrected chi connectivity index (χ2v) is 7.48. The van der Waals surface area contributed by atoms with E-state index < -0.39 is 0 Å². The summed E-state index contributed by atoms with van der Waals surface area (Å²) in [6.07, 6.45) is 2.91. The maximum absolute atomic E-state index is 13.0. The summed E-state index contributed by atoms with van der Waals surface area (Å²) in [5.41, 5.74) is 4.18. The van der Waals surface area contributed by atoms with Crippen molar-refractivity contribution in [3.05, 3.63) is 95.7 Å². The van der Waals surface area contributed by atoms with E-state index >= 15 is 0 Å². The van der Waals surface area contributed by atoms with Crippen LogP contribution in [0.5, 0.6) is 11.5 Å². The first kappa shape index (κ1) is 20.5. The highest BCUT2D eigenvalue weighted by Gasteiger charge is 2.17. The van der Waals surface area contributed by atoms with E-state index in [0.29, 0.717) is 12.8 Å². The number of H-pyrrole nitrogens is 1. The second kappa shape index (κ2) is 9.39. The zero-order chi connectivity index (χ0) is 21.6. The zero-order valence-electron chi connectivity index (χ0n) is 17.7. The Morgan fingerprint density at radius 3 is 2.23 bits per heavy atom. The van der Waals surface area contributed by atoms with E-state index in [1.54, 1.807) is 14.2 Å². The van der Waals surface area contributed by atoms with Crippen molar-refractivity contribution in [1.29, 1.82) is 0 Å². The molecule has 0 unspecified atom stereocenters. The van der Waals surface area contributed by atoms with Gasteiger partial charge in [0, 0.05) is 17.1 Å². The molecule has 1 heterocycles. The van der Waals surface area contributed by atoms with Gasteiger partial charge >= 0.3 is 0 Å². The van der Waals surface area contributed by atoms with Gasteiger partial charge in [0.25, 0.3) is 0 Å². The minimum Gasteiger partial charge on any atom is -0.497 e. The number of carbonyl (C=O) groups excluding carboxylic acids is 1. The second-order valence-electron chi connectivity index (χ2n) is 7.48. The molecule has 0 bridgehead atoms.